The van der Waals surface area contributed by atoms with Gasteiger partial charge in [0.2, 0.25) is 5.91 Å². The van der Waals surface area contributed by atoms with Crippen LogP contribution in [0.4, 0.5) is 0 Å². The van der Waals surface area contributed by atoms with Gasteiger partial charge in [0.25, 0.3) is 0 Å². The topological polar surface area (TPSA) is 68.0 Å². The maximum Gasteiger partial charge on any atom is 0.223 e. The summed E-state index contributed by atoms with van der Waals surface area (Å²) >= 11 is 0. The standard InChI is InChI=1S/C14H21N3O/c15-8-11-3-5-13(6-4-11)14(18)17-10-12-2-1-7-16-9-12/h1-2,7,9,11,13H,3-6,8,10,15H2,(H,17,18). The molecular formula is C14H21N3O. The number of nitrogens with zero attached hydrogens (tertiary/aromatic N) is 1. The Morgan fingerprint density at radius 3 is 2.78 bits per heavy atom. The normalized spacial score (nSPS) is 23.6. The zero-order valence-corrected chi connectivity index (χ0v) is 10.6. The SMILES string of the molecule is NCC1CCC(C(=O)NCc2cccnc2)CC1. The molecule has 1 heterocycles. The van der Waals surface area contributed by atoms with Crippen LogP contribution in [0.1, 0.15) is 31.2 Å². The van der Waals surface area contributed by atoms with Crippen LogP contribution < -0.4 is 11.1 Å². The Morgan fingerprint density at radius 2 is 2.17 bits per heavy atom. The zero-order valence-electron chi connectivity index (χ0n) is 10.6. The fourth-order valence-electron chi connectivity index (χ4n) is 2.50. The summed E-state index contributed by atoms with van der Waals surface area (Å²) in [5.74, 6) is 0.964. The Morgan fingerprint density at radius 1 is 1.39 bits per heavy atom. The van der Waals surface area contributed by atoms with Crippen LogP contribution in [0.3, 0.4) is 0 Å². The molecule has 18 heavy (non-hydrogen) atoms. The van der Waals surface area contributed by atoms with E-state index in [0.717, 1.165) is 37.8 Å². The predicted octanol–water partition coefficient (Wildman–Crippen LogP) is 1.46. The van der Waals surface area contributed by atoms with Crippen molar-refractivity contribution in [2.75, 3.05) is 6.54 Å². The summed E-state index contributed by atoms with van der Waals surface area (Å²) in [6, 6.07) is 3.85. The fourth-order valence-corrected chi connectivity index (χ4v) is 2.50. The van der Waals surface area contributed by atoms with E-state index in [1.54, 1.807) is 12.4 Å². The first-order valence-corrected chi connectivity index (χ1v) is 6.66. The Balaban J connectivity index is 1.75. The van der Waals surface area contributed by atoms with E-state index in [4.69, 9.17) is 5.73 Å². The largest absolute Gasteiger partial charge is 0.352 e. The Bertz CT molecular complexity index is 372. The molecule has 0 atom stereocenters. The van der Waals surface area contributed by atoms with E-state index in [9.17, 15) is 4.79 Å². The average Bonchev–Trinajstić information content (AvgIpc) is 2.46. The quantitative estimate of drug-likeness (QED) is 0.846. The molecule has 0 unspecified atom stereocenters. The summed E-state index contributed by atoms with van der Waals surface area (Å²) in [6.07, 6.45) is 7.63. The van der Waals surface area contributed by atoms with Gasteiger partial charge in [-0.05, 0) is 49.8 Å². The average molecular weight is 247 g/mol. The number of nitrogens with one attached hydrogen (secondary N) is 1. The lowest BCUT2D eigenvalue weighted by atomic mass is 9.81. The molecule has 4 nitrogen and oxygen atoms in total. The summed E-state index contributed by atoms with van der Waals surface area (Å²) in [5.41, 5.74) is 6.70. The van der Waals surface area contributed by atoms with E-state index in [0.29, 0.717) is 12.5 Å². The summed E-state index contributed by atoms with van der Waals surface area (Å²) in [4.78, 5) is 16.0. The van der Waals surface area contributed by atoms with Gasteiger partial charge in [0.15, 0.2) is 0 Å². The van der Waals surface area contributed by atoms with E-state index in [1.165, 1.54) is 0 Å². The van der Waals surface area contributed by atoms with E-state index < -0.39 is 0 Å². The molecule has 2 rings (SSSR count). The minimum absolute atomic E-state index is 0.171. The number of aromatic nitrogens is 1. The number of hydrogen-bond acceptors (Lipinski definition) is 3. The van der Waals surface area contributed by atoms with E-state index >= 15 is 0 Å². The maximum atomic E-state index is 12.0. The number of pyridine rings is 1. The molecule has 0 bridgehead atoms. The van der Waals surface area contributed by atoms with Gasteiger partial charge >= 0.3 is 0 Å². The van der Waals surface area contributed by atoms with Gasteiger partial charge in [-0.15, -0.1) is 0 Å². The number of carbonyl (C=O) groups is 1. The van der Waals surface area contributed by atoms with Crippen LogP contribution in [0.25, 0.3) is 0 Å². The van der Waals surface area contributed by atoms with E-state index in [2.05, 4.69) is 10.3 Å². The van der Waals surface area contributed by atoms with Crippen LogP contribution in [-0.2, 0) is 11.3 Å². The highest BCUT2D eigenvalue weighted by Gasteiger charge is 2.25. The van der Waals surface area contributed by atoms with Crippen molar-refractivity contribution < 1.29 is 4.79 Å². The highest BCUT2D eigenvalue weighted by Crippen LogP contribution is 2.28. The number of amides is 1. The van der Waals surface area contributed by atoms with Gasteiger partial charge in [-0.1, -0.05) is 6.07 Å². The van der Waals surface area contributed by atoms with Crippen molar-refractivity contribution in [3.05, 3.63) is 30.1 Å². The molecule has 0 aromatic carbocycles. The number of carbonyl (C=O) groups excluding carboxylic acids is 1. The van der Waals surface area contributed by atoms with Crippen molar-refractivity contribution in [3.8, 4) is 0 Å². The Labute approximate surface area is 108 Å². The summed E-state index contributed by atoms with van der Waals surface area (Å²) < 4.78 is 0. The van der Waals surface area contributed by atoms with Crippen molar-refractivity contribution in [1.29, 1.82) is 0 Å². The highest BCUT2D eigenvalue weighted by atomic mass is 16.1. The van der Waals surface area contributed by atoms with E-state index in [1.807, 2.05) is 12.1 Å². The molecule has 4 heteroatoms. The summed E-state index contributed by atoms with van der Waals surface area (Å²) in [5, 5.41) is 2.99. The van der Waals surface area contributed by atoms with Crippen LogP contribution >= 0.6 is 0 Å². The van der Waals surface area contributed by atoms with Gasteiger partial charge < -0.3 is 11.1 Å². The highest BCUT2D eigenvalue weighted by molar-refractivity contribution is 5.78. The molecule has 3 N–H and O–H groups in total. The van der Waals surface area contributed by atoms with Crippen molar-refractivity contribution >= 4 is 5.91 Å². The van der Waals surface area contributed by atoms with Gasteiger partial charge in [0.05, 0.1) is 0 Å². The van der Waals surface area contributed by atoms with Gasteiger partial charge in [-0.3, -0.25) is 9.78 Å². The molecule has 0 spiro atoms. The van der Waals surface area contributed by atoms with Crippen molar-refractivity contribution in [2.45, 2.75) is 32.2 Å². The lowest BCUT2D eigenvalue weighted by Gasteiger charge is -2.26. The van der Waals surface area contributed by atoms with Crippen LogP contribution in [0.5, 0.6) is 0 Å². The van der Waals surface area contributed by atoms with Gasteiger partial charge in [-0.2, -0.15) is 0 Å². The third kappa shape index (κ3) is 3.53. The summed E-state index contributed by atoms with van der Waals surface area (Å²) in [7, 11) is 0. The molecule has 1 amide bonds. The number of hydrogen-bond donors (Lipinski definition) is 2. The molecule has 1 aromatic rings. The van der Waals surface area contributed by atoms with Crippen LogP contribution in [0, 0.1) is 11.8 Å². The third-order valence-electron chi connectivity index (χ3n) is 3.74. The molecule has 1 saturated carbocycles. The molecule has 0 saturated heterocycles. The molecule has 1 aliphatic carbocycles. The van der Waals surface area contributed by atoms with Crippen molar-refractivity contribution in [3.63, 3.8) is 0 Å². The molecule has 1 fully saturated rings. The van der Waals surface area contributed by atoms with Gasteiger partial charge in [-0.25, -0.2) is 0 Å². The number of rotatable bonds is 4. The monoisotopic (exact) mass is 247 g/mol. The molecule has 1 aromatic heterocycles. The molecule has 0 aliphatic heterocycles. The second-order valence-corrected chi connectivity index (χ2v) is 5.03. The second-order valence-electron chi connectivity index (χ2n) is 5.03. The lowest BCUT2D eigenvalue weighted by Crippen LogP contribution is -2.33. The molecule has 98 valence electrons. The van der Waals surface area contributed by atoms with Crippen LogP contribution in [0.15, 0.2) is 24.5 Å². The van der Waals surface area contributed by atoms with Gasteiger partial charge in [0, 0.05) is 24.9 Å². The maximum absolute atomic E-state index is 12.0. The zero-order chi connectivity index (χ0) is 12.8. The van der Waals surface area contributed by atoms with Crippen LogP contribution in [-0.4, -0.2) is 17.4 Å². The van der Waals surface area contributed by atoms with Gasteiger partial charge in [0.1, 0.15) is 0 Å². The van der Waals surface area contributed by atoms with E-state index in [-0.39, 0.29) is 11.8 Å². The first kappa shape index (κ1) is 13.0. The lowest BCUT2D eigenvalue weighted by molar-refractivity contribution is -0.126. The smallest absolute Gasteiger partial charge is 0.223 e. The van der Waals surface area contributed by atoms with Crippen molar-refractivity contribution in [1.82, 2.24) is 10.3 Å². The Hall–Kier alpha value is -1.42. The first-order chi connectivity index (χ1) is 8.79. The fraction of sp³-hybridized carbons (Fsp3) is 0.571. The minimum atomic E-state index is 0.171. The number of nitrogens with two attached hydrogens (primary N) is 1. The molecule has 0 radical (unpaired) electrons. The molecular weight excluding hydrogens is 226 g/mol. The Kier molecular flexibility index (Phi) is 4.70. The summed E-state index contributed by atoms with van der Waals surface area (Å²) in [6.45, 7) is 1.33. The first-order valence-electron chi connectivity index (χ1n) is 6.66. The predicted molar refractivity (Wildman–Crippen MR) is 70.6 cm³/mol. The van der Waals surface area contributed by atoms with Crippen molar-refractivity contribution in [2.24, 2.45) is 17.6 Å². The second kappa shape index (κ2) is 6.50. The van der Waals surface area contributed by atoms with Crippen LogP contribution in [0.2, 0.25) is 0 Å². The third-order valence-corrected chi connectivity index (χ3v) is 3.74. The minimum Gasteiger partial charge on any atom is -0.352 e. The molecule has 1 aliphatic rings.